The van der Waals surface area contributed by atoms with Gasteiger partial charge in [0.2, 0.25) is 0 Å². The molecule has 0 aliphatic rings. The van der Waals surface area contributed by atoms with Crippen LogP contribution in [0.2, 0.25) is 0 Å². The molecule has 0 fully saturated rings. The summed E-state index contributed by atoms with van der Waals surface area (Å²) in [5.74, 6) is 0.931. The molecule has 0 aliphatic heterocycles. The average molecular weight is 436 g/mol. The second-order valence-corrected chi connectivity index (χ2v) is 7.81. The number of aryl methyl sites for hydroxylation is 2. The van der Waals surface area contributed by atoms with E-state index in [9.17, 15) is 0 Å². The highest BCUT2D eigenvalue weighted by atomic mass is 15.1. The van der Waals surface area contributed by atoms with Crippen LogP contribution in [0.25, 0.3) is 11.3 Å². The van der Waals surface area contributed by atoms with E-state index in [2.05, 4.69) is 91.6 Å². The van der Waals surface area contributed by atoms with Gasteiger partial charge in [-0.3, -0.25) is 4.99 Å². The number of likely N-dealkylation sites (N-methyl/N-ethyl adjacent to an activating group) is 1. The van der Waals surface area contributed by atoms with Crippen LogP contribution in [0.3, 0.4) is 0 Å². The van der Waals surface area contributed by atoms with Crippen molar-refractivity contribution in [3.8, 4) is 24.1 Å². The molecule has 1 heterocycles. The van der Waals surface area contributed by atoms with E-state index >= 15 is 0 Å². The Labute approximate surface area is 195 Å². The fraction of sp³-hybridized carbons (Fsp3) is 0.407. The van der Waals surface area contributed by atoms with Crippen molar-refractivity contribution in [3.05, 3.63) is 59.2 Å². The summed E-state index contributed by atoms with van der Waals surface area (Å²) in [5, 5.41) is 3.33. The van der Waals surface area contributed by atoms with E-state index in [0.717, 1.165) is 52.7 Å². The Morgan fingerprint density at radius 2 is 1.88 bits per heavy atom. The van der Waals surface area contributed by atoms with E-state index in [-0.39, 0.29) is 0 Å². The summed E-state index contributed by atoms with van der Waals surface area (Å²) in [4.78, 5) is 14.7. The number of aromatic nitrogens is 2. The first-order chi connectivity index (χ1) is 15.2. The quantitative estimate of drug-likeness (QED) is 0.301. The Kier molecular flexibility index (Phi) is 14.1. The van der Waals surface area contributed by atoms with Gasteiger partial charge in [0.15, 0.2) is 0 Å². The van der Waals surface area contributed by atoms with Gasteiger partial charge in [-0.15, -0.1) is 12.8 Å². The highest BCUT2D eigenvalue weighted by Gasteiger charge is 2.12. The number of benzene rings is 1. The molecule has 0 amide bonds. The monoisotopic (exact) mass is 435 g/mol. The van der Waals surface area contributed by atoms with Crippen molar-refractivity contribution in [2.24, 2.45) is 4.99 Å². The number of hydrogen-bond donors (Lipinski definition) is 2. The van der Waals surface area contributed by atoms with Gasteiger partial charge in [0.1, 0.15) is 5.82 Å². The average Bonchev–Trinajstić information content (AvgIpc) is 3.18. The maximum absolute atomic E-state index is 4.81. The highest BCUT2D eigenvalue weighted by Crippen LogP contribution is 2.28. The minimum absolute atomic E-state index is 0.650. The lowest BCUT2D eigenvalue weighted by Gasteiger charge is -2.13. The zero-order valence-corrected chi connectivity index (χ0v) is 21.2. The molecule has 0 radical (unpaired) electrons. The van der Waals surface area contributed by atoms with Crippen molar-refractivity contribution in [3.63, 3.8) is 0 Å². The number of hydrogen-bond acceptors (Lipinski definition) is 4. The number of nitrogens with zero attached hydrogens (tertiary/aromatic N) is 3. The molecule has 0 bridgehead atoms. The zero-order chi connectivity index (χ0) is 24.7. The van der Waals surface area contributed by atoms with Gasteiger partial charge < -0.3 is 15.2 Å². The molecular formula is C27H41N5. The molecule has 32 heavy (non-hydrogen) atoms. The van der Waals surface area contributed by atoms with Crippen LogP contribution in [0.1, 0.15) is 51.7 Å². The van der Waals surface area contributed by atoms with Crippen molar-refractivity contribution in [1.82, 2.24) is 20.2 Å². The van der Waals surface area contributed by atoms with E-state index in [4.69, 9.17) is 4.98 Å². The molecule has 1 aromatic heterocycles. The third kappa shape index (κ3) is 10.3. The van der Waals surface area contributed by atoms with Gasteiger partial charge in [0.25, 0.3) is 0 Å². The second-order valence-electron chi connectivity index (χ2n) is 7.81. The van der Waals surface area contributed by atoms with Gasteiger partial charge in [0, 0.05) is 29.7 Å². The molecule has 5 nitrogen and oxygen atoms in total. The molecule has 2 N–H and O–H groups in total. The van der Waals surface area contributed by atoms with Crippen LogP contribution < -0.4 is 5.32 Å². The summed E-state index contributed by atoms with van der Waals surface area (Å²) >= 11 is 0. The Morgan fingerprint density at radius 3 is 2.34 bits per heavy atom. The van der Waals surface area contributed by atoms with Crippen LogP contribution >= 0.6 is 0 Å². The number of nitrogens with one attached hydrogen (secondary N) is 2. The number of rotatable bonds is 8. The maximum atomic E-state index is 4.81. The standard InChI is InChI=1S/C20H29N5.C5H10.C2H2/c1-7-17-20(16-9-10-18(21-8-2)14(3)11-16)24-19(23-17)12-22-15(4)13-25(5)6;1-4-5(2)3;1-2/h8-11,22H,4,7,12-13H2,1-3,5-6H3,(H,23,24);4H,1-3H3;1-2H. The largest absolute Gasteiger partial charge is 0.381 e. The van der Waals surface area contributed by atoms with Crippen molar-refractivity contribution in [2.75, 3.05) is 20.6 Å². The fourth-order valence-corrected chi connectivity index (χ4v) is 2.78. The van der Waals surface area contributed by atoms with Gasteiger partial charge in [-0.25, -0.2) is 4.98 Å². The molecule has 2 aromatic rings. The fourth-order valence-electron chi connectivity index (χ4n) is 2.78. The minimum atomic E-state index is 0.650. The second kappa shape index (κ2) is 15.7. The van der Waals surface area contributed by atoms with E-state index < -0.39 is 0 Å². The van der Waals surface area contributed by atoms with E-state index in [1.165, 1.54) is 5.57 Å². The van der Waals surface area contributed by atoms with E-state index in [1.807, 2.05) is 34.2 Å². The van der Waals surface area contributed by atoms with Crippen LogP contribution in [0.15, 0.2) is 47.1 Å². The first-order valence-corrected chi connectivity index (χ1v) is 10.9. The summed E-state index contributed by atoms with van der Waals surface area (Å²) in [6, 6.07) is 6.29. The number of aromatic amines is 1. The normalized spacial score (nSPS) is 10.1. The highest BCUT2D eigenvalue weighted by molar-refractivity contribution is 5.69. The number of aliphatic imine (C=N–C) groups is 1. The summed E-state index contributed by atoms with van der Waals surface area (Å²) in [5.41, 5.74) is 7.82. The molecular weight excluding hydrogens is 394 g/mol. The third-order valence-electron chi connectivity index (χ3n) is 4.51. The van der Waals surface area contributed by atoms with Gasteiger partial charge in [0.05, 0.1) is 17.9 Å². The first kappa shape index (κ1) is 28.9. The summed E-state index contributed by atoms with van der Waals surface area (Å²) in [6.07, 6.45) is 12.8. The smallest absolute Gasteiger partial charge is 0.126 e. The molecule has 1 aromatic carbocycles. The van der Waals surface area contributed by atoms with Gasteiger partial charge in [-0.2, -0.15) is 0 Å². The topological polar surface area (TPSA) is 56.3 Å². The summed E-state index contributed by atoms with van der Waals surface area (Å²) in [7, 11) is 4.06. The number of terminal acetylenes is 1. The van der Waals surface area contributed by atoms with Crippen LogP contribution in [-0.4, -0.2) is 41.7 Å². The third-order valence-corrected chi connectivity index (χ3v) is 4.51. The van der Waals surface area contributed by atoms with Gasteiger partial charge in [-0.1, -0.05) is 31.2 Å². The van der Waals surface area contributed by atoms with Crippen molar-refractivity contribution in [2.45, 2.75) is 54.5 Å². The lowest BCUT2D eigenvalue weighted by atomic mass is 10.1. The van der Waals surface area contributed by atoms with Crippen LogP contribution in [0, 0.1) is 19.8 Å². The summed E-state index contributed by atoms with van der Waals surface area (Å²) < 4.78 is 0. The molecule has 0 unspecified atom stereocenters. The van der Waals surface area contributed by atoms with Crippen LogP contribution in [0.4, 0.5) is 5.69 Å². The summed E-state index contributed by atoms with van der Waals surface area (Å²) in [6.45, 7) is 17.9. The van der Waals surface area contributed by atoms with Gasteiger partial charge >= 0.3 is 0 Å². The van der Waals surface area contributed by atoms with Gasteiger partial charge in [-0.05, 0) is 72.8 Å². The Balaban J connectivity index is 0.00000121. The first-order valence-electron chi connectivity index (χ1n) is 10.9. The SMILES string of the molecule is C#C.C=C(CN(C)C)NCc1nc(-c2ccc(N=CC)c(C)c2)c(CC)[nH]1.CC=C(C)C. The lowest BCUT2D eigenvalue weighted by molar-refractivity contribution is 0.432. The molecule has 174 valence electrons. The molecule has 0 aliphatic carbocycles. The Bertz CT molecular complexity index is 909. The molecule has 2 rings (SSSR count). The number of H-pyrrole nitrogens is 1. The zero-order valence-electron chi connectivity index (χ0n) is 21.2. The van der Waals surface area contributed by atoms with E-state index in [1.54, 1.807) is 0 Å². The Hall–Kier alpha value is -3.10. The van der Waals surface area contributed by atoms with Crippen molar-refractivity contribution >= 4 is 11.9 Å². The van der Waals surface area contributed by atoms with Crippen molar-refractivity contribution < 1.29 is 0 Å². The van der Waals surface area contributed by atoms with Crippen LogP contribution in [-0.2, 0) is 13.0 Å². The predicted molar refractivity (Wildman–Crippen MR) is 141 cm³/mol. The number of allylic oxidation sites excluding steroid dienone is 2. The Morgan fingerprint density at radius 1 is 1.25 bits per heavy atom. The molecule has 0 saturated heterocycles. The lowest BCUT2D eigenvalue weighted by Crippen LogP contribution is -2.23. The molecule has 0 spiro atoms. The molecule has 0 saturated carbocycles. The van der Waals surface area contributed by atoms with Crippen LogP contribution in [0.5, 0.6) is 0 Å². The van der Waals surface area contributed by atoms with Crippen molar-refractivity contribution in [1.29, 1.82) is 0 Å². The molecule has 0 atom stereocenters. The predicted octanol–water partition coefficient (Wildman–Crippen LogP) is 6.06. The maximum Gasteiger partial charge on any atom is 0.126 e. The minimum Gasteiger partial charge on any atom is -0.381 e. The van der Waals surface area contributed by atoms with E-state index in [0.29, 0.717) is 6.54 Å². The number of imidazole rings is 1. The molecule has 5 heteroatoms.